The number of hydrogen-bond donors (Lipinski definition) is 3. The molecule has 2 amide bonds. The number of carbonyl (C=O) groups is 3. The molecule has 3 rings (SSSR count). The Kier molecular flexibility index (Phi) is 3.06. The van der Waals surface area contributed by atoms with Gasteiger partial charge in [-0.1, -0.05) is 0 Å². The smallest absolute Gasteiger partial charge is 0.366 e. The van der Waals surface area contributed by atoms with Crippen molar-refractivity contribution < 1.29 is 29.4 Å². The van der Waals surface area contributed by atoms with Gasteiger partial charge in [0.2, 0.25) is 11.8 Å². The molecule has 0 bridgehead atoms. The van der Waals surface area contributed by atoms with Gasteiger partial charge >= 0.3 is 5.97 Å². The second-order valence-corrected chi connectivity index (χ2v) is 4.48. The topological polar surface area (TPSA) is 157 Å². The molecule has 1 aliphatic heterocycles. The van der Waals surface area contributed by atoms with Crippen LogP contribution in [-0.2, 0) is 0 Å². The molecule has 1 aromatic heterocycles. The second kappa shape index (κ2) is 4.94. The highest BCUT2D eigenvalue weighted by molar-refractivity contribution is 6.16. The quantitative estimate of drug-likeness (QED) is 0.680. The summed E-state index contributed by atoms with van der Waals surface area (Å²) in [5.74, 6) is -3.72. The first-order chi connectivity index (χ1) is 10.9. The number of anilines is 1. The number of carbonyl (C=O) groups excluding carboxylic acids is 3. The van der Waals surface area contributed by atoms with Crippen molar-refractivity contribution >= 4 is 23.5 Å². The van der Waals surface area contributed by atoms with Crippen molar-refractivity contribution in [2.75, 3.05) is 5.73 Å². The van der Waals surface area contributed by atoms with E-state index in [0.717, 1.165) is 12.1 Å². The van der Waals surface area contributed by atoms with Gasteiger partial charge in [-0.3, -0.25) is 9.59 Å². The van der Waals surface area contributed by atoms with Crippen LogP contribution in [0.5, 0.6) is 11.8 Å². The third-order valence-electron chi connectivity index (χ3n) is 3.11. The van der Waals surface area contributed by atoms with E-state index in [9.17, 15) is 24.6 Å². The second-order valence-electron chi connectivity index (χ2n) is 4.48. The lowest BCUT2D eigenvalue weighted by atomic mass is 9.99. The van der Waals surface area contributed by atoms with Crippen LogP contribution in [0.25, 0.3) is 0 Å². The lowest BCUT2D eigenvalue weighted by molar-refractivity contribution is 0.0382. The molecule has 0 atom stereocenters. The molecule has 10 heteroatoms. The number of azo groups is 1. The van der Waals surface area contributed by atoms with E-state index in [1.807, 2.05) is 0 Å². The van der Waals surface area contributed by atoms with Gasteiger partial charge in [0.25, 0.3) is 11.8 Å². The van der Waals surface area contributed by atoms with E-state index >= 15 is 0 Å². The summed E-state index contributed by atoms with van der Waals surface area (Å²) in [5, 5.41) is 25.2. The van der Waals surface area contributed by atoms with Gasteiger partial charge in [0.05, 0.1) is 22.4 Å². The number of nitrogens with two attached hydrogens (primary N) is 1. The van der Waals surface area contributed by atoms with Gasteiger partial charge < -0.3 is 20.8 Å². The van der Waals surface area contributed by atoms with Crippen LogP contribution in [0.1, 0.15) is 31.1 Å². The SMILES string of the molecule is Nc1c(C(=O)On2c(O)ccc2O)ccc2c1C(=O)N=NC2=O. The minimum Gasteiger partial charge on any atom is -0.492 e. The molecule has 0 aliphatic carbocycles. The van der Waals surface area contributed by atoms with E-state index in [4.69, 9.17) is 10.6 Å². The van der Waals surface area contributed by atoms with E-state index in [0.29, 0.717) is 4.73 Å². The van der Waals surface area contributed by atoms with Crippen molar-refractivity contribution in [1.82, 2.24) is 4.73 Å². The molecule has 1 aliphatic rings. The fourth-order valence-corrected chi connectivity index (χ4v) is 2.03. The minimum absolute atomic E-state index is 0.0780. The number of benzene rings is 1. The molecule has 23 heavy (non-hydrogen) atoms. The first-order valence-electron chi connectivity index (χ1n) is 6.15. The molecular weight excluding hydrogens is 308 g/mol. The van der Waals surface area contributed by atoms with E-state index < -0.39 is 29.5 Å². The highest BCUT2D eigenvalue weighted by Crippen LogP contribution is 2.27. The van der Waals surface area contributed by atoms with Crippen LogP contribution < -0.4 is 10.6 Å². The Bertz CT molecular complexity index is 879. The van der Waals surface area contributed by atoms with Crippen LogP contribution >= 0.6 is 0 Å². The lowest BCUT2D eigenvalue weighted by Crippen LogP contribution is -2.23. The van der Waals surface area contributed by atoms with Crippen LogP contribution in [0, 0.1) is 0 Å². The third-order valence-corrected chi connectivity index (χ3v) is 3.11. The fourth-order valence-electron chi connectivity index (χ4n) is 2.03. The maximum absolute atomic E-state index is 12.1. The summed E-state index contributed by atoms with van der Waals surface area (Å²) < 4.78 is 0.466. The van der Waals surface area contributed by atoms with E-state index in [1.165, 1.54) is 12.1 Å². The zero-order valence-electron chi connectivity index (χ0n) is 11.3. The zero-order valence-corrected chi connectivity index (χ0v) is 11.3. The normalized spacial score (nSPS) is 13.0. The van der Waals surface area contributed by atoms with E-state index in [2.05, 4.69) is 10.2 Å². The Morgan fingerprint density at radius 3 is 2.30 bits per heavy atom. The zero-order chi connectivity index (χ0) is 16.7. The maximum atomic E-state index is 12.1. The summed E-state index contributed by atoms with van der Waals surface area (Å²) in [6.07, 6.45) is 0. The largest absolute Gasteiger partial charge is 0.492 e. The van der Waals surface area contributed by atoms with Crippen LogP contribution in [0.2, 0.25) is 0 Å². The first kappa shape index (κ1) is 14.3. The molecule has 0 saturated carbocycles. The molecule has 116 valence electrons. The summed E-state index contributed by atoms with van der Waals surface area (Å²) in [6.45, 7) is 0. The maximum Gasteiger partial charge on any atom is 0.366 e. The number of rotatable bonds is 2. The van der Waals surface area contributed by atoms with Gasteiger partial charge in [-0.15, -0.1) is 15.0 Å². The molecule has 10 nitrogen and oxygen atoms in total. The Morgan fingerprint density at radius 2 is 1.65 bits per heavy atom. The Morgan fingerprint density at radius 1 is 1.04 bits per heavy atom. The number of nitrogen functional groups attached to an aromatic ring is 1. The standard InChI is InChI=1S/C13H8N4O6/c14-10-6(13(22)23-17-7(18)3-4-8(17)19)2-1-5-9(10)12(21)16-15-11(5)20/h1-4,18-19H,14H2. The molecule has 1 aromatic carbocycles. The number of nitrogens with zero attached hydrogens (tertiary/aromatic N) is 3. The van der Waals surface area contributed by atoms with Crippen molar-refractivity contribution in [3.63, 3.8) is 0 Å². The van der Waals surface area contributed by atoms with Crippen LogP contribution in [0.4, 0.5) is 5.69 Å². The molecule has 4 N–H and O–H groups in total. The number of hydrogen-bond acceptors (Lipinski definition) is 7. The molecule has 2 heterocycles. The molecule has 0 fully saturated rings. The lowest BCUT2D eigenvalue weighted by Gasteiger charge is -2.13. The van der Waals surface area contributed by atoms with Gasteiger partial charge in [0, 0.05) is 12.1 Å². The van der Waals surface area contributed by atoms with E-state index in [-0.39, 0.29) is 22.4 Å². The third kappa shape index (κ3) is 2.18. The van der Waals surface area contributed by atoms with Gasteiger partial charge in [-0.2, -0.15) is 0 Å². The van der Waals surface area contributed by atoms with Gasteiger partial charge in [0.15, 0.2) is 0 Å². The number of aromatic nitrogens is 1. The van der Waals surface area contributed by atoms with Crippen molar-refractivity contribution in [2.24, 2.45) is 10.2 Å². The van der Waals surface area contributed by atoms with Crippen molar-refractivity contribution in [3.8, 4) is 11.8 Å². The Balaban J connectivity index is 2.02. The Hall–Kier alpha value is -3.69. The predicted molar refractivity (Wildman–Crippen MR) is 73.0 cm³/mol. The van der Waals surface area contributed by atoms with Crippen LogP contribution in [0.3, 0.4) is 0 Å². The van der Waals surface area contributed by atoms with E-state index in [1.54, 1.807) is 0 Å². The average molecular weight is 316 g/mol. The number of fused-ring (bicyclic) bond motifs is 1. The van der Waals surface area contributed by atoms with Gasteiger partial charge in [-0.05, 0) is 12.1 Å². The van der Waals surface area contributed by atoms with Crippen LogP contribution in [-0.4, -0.2) is 32.7 Å². The van der Waals surface area contributed by atoms with Gasteiger partial charge in [-0.25, -0.2) is 4.79 Å². The van der Waals surface area contributed by atoms with Crippen LogP contribution in [0.15, 0.2) is 34.5 Å². The highest BCUT2D eigenvalue weighted by Gasteiger charge is 2.28. The highest BCUT2D eigenvalue weighted by atomic mass is 16.7. The van der Waals surface area contributed by atoms with Crippen molar-refractivity contribution in [3.05, 3.63) is 41.0 Å². The average Bonchev–Trinajstić information content (AvgIpc) is 2.82. The molecule has 0 radical (unpaired) electrons. The number of aromatic hydroxyl groups is 2. The number of amides is 2. The fraction of sp³-hybridized carbons (Fsp3) is 0. The molecule has 2 aromatic rings. The summed E-state index contributed by atoms with van der Waals surface area (Å²) in [6, 6.07) is 4.55. The summed E-state index contributed by atoms with van der Waals surface area (Å²) >= 11 is 0. The molecule has 0 unspecified atom stereocenters. The van der Waals surface area contributed by atoms with Gasteiger partial charge in [0.1, 0.15) is 0 Å². The summed E-state index contributed by atoms with van der Waals surface area (Å²) in [5.41, 5.74) is 4.87. The Labute approximate surface area is 127 Å². The molecular formula is C13H8N4O6. The molecule has 0 spiro atoms. The molecule has 0 saturated heterocycles. The minimum atomic E-state index is -1.06. The summed E-state index contributed by atoms with van der Waals surface area (Å²) in [7, 11) is 0. The monoisotopic (exact) mass is 316 g/mol. The predicted octanol–water partition coefficient (Wildman–Crippen LogP) is 0.497. The van der Waals surface area contributed by atoms with Crippen molar-refractivity contribution in [1.29, 1.82) is 0 Å². The van der Waals surface area contributed by atoms with Crippen molar-refractivity contribution in [2.45, 2.75) is 0 Å². The summed E-state index contributed by atoms with van der Waals surface area (Å²) in [4.78, 5) is 40.2. The first-order valence-corrected chi connectivity index (χ1v) is 6.15.